The molecule has 0 spiro atoms. The summed E-state index contributed by atoms with van der Waals surface area (Å²) in [5.74, 6) is 7.59. The van der Waals surface area contributed by atoms with Crippen LogP contribution in [0.4, 0.5) is 4.79 Å². The van der Waals surface area contributed by atoms with E-state index in [2.05, 4.69) is 46.6 Å². The second-order valence-electron chi connectivity index (χ2n) is 13.3. The largest absolute Gasteiger partial charge is 0.508 e. The summed E-state index contributed by atoms with van der Waals surface area (Å²) >= 11 is 0. The van der Waals surface area contributed by atoms with Crippen molar-refractivity contribution in [1.29, 1.82) is 0 Å². The Hall–Kier alpha value is -1.43. The van der Waals surface area contributed by atoms with Crippen molar-refractivity contribution in [3.05, 3.63) is 11.6 Å². The molecule has 0 N–H and O–H groups in total. The van der Waals surface area contributed by atoms with E-state index in [0.29, 0.717) is 11.8 Å². The average molecular weight is 483 g/mol. The molecule has 0 aromatic carbocycles. The Kier molecular flexibility index (Phi) is 8.29. The third-order valence-corrected chi connectivity index (χ3v) is 11.0. The van der Waals surface area contributed by atoms with Gasteiger partial charge in [-0.25, -0.2) is 4.79 Å². The Morgan fingerprint density at radius 2 is 1.91 bits per heavy atom. The minimum atomic E-state index is -0.559. The molecule has 0 saturated heterocycles. The van der Waals surface area contributed by atoms with Gasteiger partial charge in [-0.15, -0.1) is 12.3 Å². The Morgan fingerprint density at radius 3 is 2.66 bits per heavy atom. The van der Waals surface area contributed by atoms with E-state index in [-0.39, 0.29) is 18.1 Å². The molecule has 0 aromatic heterocycles. The molecule has 0 radical (unpaired) electrons. The number of terminal acetylenes is 1. The van der Waals surface area contributed by atoms with Gasteiger partial charge in [-0.2, -0.15) is 0 Å². The Balaban J connectivity index is 1.39. The first-order chi connectivity index (χ1) is 16.7. The normalized spacial score (nSPS) is 39.0. The van der Waals surface area contributed by atoms with E-state index in [0.717, 1.165) is 54.8 Å². The third-order valence-electron chi connectivity index (χ3n) is 11.0. The van der Waals surface area contributed by atoms with Gasteiger partial charge in [-0.05, 0) is 91.3 Å². The first-order valence-electron chi connectivity index (χ1n) is 14.7. The topological polar surface area (TPSA) is 35.5 Å². The maximum absolute atomic E-state index is 12.1. The molecule has 35 heavy (non-hydrogen) atoms. The molecule has 3 nitrogen and oxygen atoms in total. The zero-order valence-corrected chi connectivity index (χ0v) is 23.1. The number of allylic oxidation sites excluding steroid dienone is 1. The van der Waals surface area contributed by atoms with E-state index in [4.69, 9.17) is 15.9 Å². The lowest BCUT2D eigenvalue weighted by atomic mass is 9.47. The van der Waals surface area contributed by atoms with Gasteiger partial charge in [0, 0.05) is 12.8 Å². The molecule has 4 aliphatic rings. The number of carbonyl (C=O) groups is 1. The van der Waals surface area contributed by atoms with Crippen molar-refractivity contribution in [3.63, 3.8) is 0 Å². The lowest BCUT2D eigenvalue weighted by molar-refractivity contribution is -0.0616. The van der Waals surface area contributed by atoms with E-state index in [1.807, 2.05) is 0 Å². The maximum Gasteiger partial charge on any atom is 0.508 e. The predicted octanol–water partition coefficient (Wildman–Crippen LogP) is 8.57. The summed E-state index contributed by atoms with van der Waals surface area (Å²) in [6, 6.07) is 0. The third kappa shape index (κ3) is 5.33. The molecule has 0 aromatic rings. The zero-order valence-electron chi connectivity index (χ0n) is 23.1. The van der Waals surface area contributed by atoms with Gasteiger partial charge in [0.2, 0.25) is 0 Å². The van der Waals surface area contributed by atoms with E-state index in [1.165, 1.54) is 51.4 Å². The summed E-state index contributed by atoms with van der Waals surface area (Å²) in [6.07, 6.45) is 21.6. The van der Waals surface area contributed by atoms with Crippen molar-refractivity contribution in [1.82, 2.24) is 0 Å². The molecule has 0 amide bonds. The average Bonchev–Trinajstić information content (AvgIpc) is 3.16. The van der Waals surface area contributed by atoms with Gasteiger partial charge in [0.15, 0.2) is 0 Å². The molecular weight excluding hydrogens is 432 g/mol. The monoisotopic (exact) mass is 482 g/mol. The lowest BCUT2D eigenvalue weighted by Crippen LogP contribution is -2.51. The summed E-state index contributed by atoms with van der Waals surface area (Å²) in [5, 5.41) is 0. The van der Waals surface area contributed by atoms with E-state index < -0.39 is 6.16 Å². The molecule has 4 rings (SSSR count). The Morgan fingerprint density at radius 1 is 1.11 bits per heavy atom. The van der Waals surface area contributed by atoms with Gasteiger partial charge >= 0.3 is 6.16 Å². The first kappa shape index (κ1) is 26.6. The first-order valence-corrected chi connectivity index (χ1v) is 14.7. The van der Waals surface area contributed by atoms with Gasteiger partial charge in [0.05, 0.1) is 0 Å². The molecule has 0 aliphatic heterocycles. The van der Waals surface area contributed by atoms with Crippen LogP contribution in [-0.4, -0.2) is 18.9 Å². The number of rotatable bonds is 8. The van der Waals surface area contributed by atoms with Gasteiger partial charge in [0.25, 0.3) is 0 Å². The van der Waals surface area contributed by atoms with Crippen LogP contribution in [0.2, 0.25) is 0 Å². The number of ether oxygens (including phenoxy) is 2. The van der Waals surface area contributed by atoms with E-state index >= 15 is 0 Å². The SMILES string of the molecule is C#CCCOC(=O)OC1CC[C@@]2(C)C(=CC[C@H]3[C@@H]4CC[C@H]([C@H](C)CCCC(C)C)[C@@]4(C)CC[C@@H]32)C1. The van der Waals surface area contributed by atoms with Crippen molar-refractivity contribution >= 4 is 6.16 Å². The van der Waals surface area contributed by atoms with Crippen LogP contribution in [0, 0.1) is 58.7 Å². The second kappa shape index (κ2) is 10.9. The van der Waals surface area contributed by atoms with Crippen LogP contribution >= 0.6 is 0 Å². The van der Waals surface area contributed by atoms with Crippen LogP contribution in [0.25, 0.3) is 0 Å². The smallest absolute Gasteiger partial charge is 0.433 e. The molecular formula is C32H50O3. The van der Waals surface area contributed by atoms with Gasteiger partial charge in [-0.3, -0.25) is 0 Å². The number of hydrogen-bond donors (Lipinski definition) is 0. The van der Waals surface area contributed by atoms with E-state index in [9.17, 15) is 4.79 Å². The quantitative estimate of drug-likeness (QED) is 0.150. The van der Waals surface area contributed by atoms with Gasteiger partial charge < -0.3 is 9.47 Å². The summed E-state index contributed by atoms with van der Waals surface area (Å²) < 4.78 is 10.8. The van der Waals surface area contributed by atoms with E-state index in [1.54, 1.807) is 5.57 Å². The molecule has 4 aliphatic carbocycles. The van der Waals surface area contributed by atoms with Gasteiger partial charge in [0.1, 0.15) is 12.7 Å². The molecule has 0 bridgehead atoms. The summed E-state index contributed by atoms with van der Waals surface area (Å²) in [5.41, 5.74) is 2.35. The highest BCUT2D eigenvalue weighted by Crippen LogP contribution is 2.67. The molecule has 3 heteroatoms. The fourth-order valence-corrected chi connectivity index (χ4v) is 9.12. The van der Waals surface area contributed by atoms with Crippen LogP contribution in [-0.2, 0) is 9.47 Å². The fourth-order valence-electron chi connectivity index (χ4n) is 9.12. The second-order valence-corrected chi connectivity index (χ2v) is 13.3. The highest BCUT2D eigenvalue weighted by molar-refractivity contribution is 5.60. The van der Waals surface area contributed by atoms with Crippen LogP contribution in [0.1, 0.15) is 112 Å². The van der Waals surface area contributed by atoms with Crippen LogP contribution < -0.4 is 0 Å². The Labute approximate surface area is 215 Å². The molecule has 196 valence electrons. The van der Waals surface area contributed by atoms with Crippen LogP contribution in [0.5, 0.6) is 0 Å². The highest BCUT2D eigenvalue weighted by Gasteiger charge is 2.59. The van der Waals surface area contributed by atoms with Crippen LogP contribution in [0.3, 0.4) is 0 Å². The standard InChI is InChI=1S/C32H50O3/c1-7-8-20-34-30(33)35-25-16-18-31(5)24(21-25)12-13-26-28-15-14-27(23(4)11-9-10-22(2)3)32(28,6)19-17-29(26)31/h1,12,22-23,25-29H,8-11,13-21H2,2-6H3/t23-,25?,26+,27-,28+,29+,31+,32-/m1/s1. The van der Waals surface area contributed by atoms with Crippen molar-refractivity contribution < 1.29 is 14.3 Å². The number of carbonyl (C=O) groups excluding carboxylic acids is 1. The minimum Gasteiger partial charge on any atom is -0.433 e. The van der Waals surface area contributed by atoms with Gasteiger partial charge in [-0.1, -0.05) is 65.5 Å². The maximum atomic E-state index is 12.1. The highest BCUT2D eigenvalue weighted by atomic mass is 16.7. The molecule has 3 fully saturated rings. The molecule has 3 saturated carbocycles. The summed E-state index contributed by atoms with van der Waals surface area (Å²) in [6.45, 7) is 12.7. The molecule has 0 heterocycles. The lowest BCUT2D eigenvalue weighted by Gasteiger charge is -2.58. The van der Waals surface area contributed by atoms with Crippen molar-refractivity contribution in [3.8, 4) is 12.3 Å². The number of hydrogen-bond acceptors (Lipinski definition) is 3. The zero-order chi connectivity index (χ0) is 25.2. The molecule has 8 atom stereocenters. The summed E-state index contributed by atoms with van der Waals surface area (Å²) in [4.78, 5) is 12.1. The fraction of sp³-hybridized carbons (Fsp3) is 0.844. The van der Waals surface area contributed by atoms with Crippen molar-refractivity contribution in [2.24, 2.45) is 46.3 Å². The molecule has 1 unspecified atom stereocenters. The number of fused-ring (bicyclic) bond motifs is 5. The summed E-state index contributed by atoms with van der Waals surface area (Å²) in [7, 11) is 0. The predicted molar refractivity (Wildman–Crippen MR) is 143 cm³/mol. The Bertz CT molecular complexity index is 821. The van der Waals surface area contributed by atoms with Crippen LogP contribution in [0.15, 0.2) is 11.6 Å². The van der Waals surface area contributed by atoms with Crippen molar-refractivity contribution in [2.75, 3.05) is 6.61 Å². The minimum absolute atomic E-state index is 0.0550. The van der Waals surface area contributed by atoms with Crippen molar-refractivity contribution in [2.45, 2.75) is 118 Å².